The molecule has 0 aliphatic heterocycles. The molecule has 0 radical (unpaired) electrons. The molecule has 2 N–H and O–H groups in total. The Balaban J connectivity index is 1.38. The summed E-state index contributed by atoms with van der Waals surface area (Å²) >= 11 is 12.0. The Morgan fingerprint density at radius 3 is 2.30 bits per heavy atom. The fourth-order valence-corrected chi connectivity index (χ4v) is 3.58. The highest BCUT2D eigenvalue weighted by Crippen LogP contribution is 2.24. The van der Waals surface area contributed by atoms with E-state index in [9.17, 15) is 9.59 Å². The molecule has 0 saturated heterocycles. The Morgan fingerprint density at radius 2 is 1.55 bits per heavy atom. The van der Waals surface area contributed by atoms with Crippen LogP contribution in [-0.4, -0.2) is 11.8 Å². The normalized spacial score (nSPS) is 10.8. The van der Waals surface area contributed by atoms with Crippen LogP contribution >= 0.6 is 23.2 Å². The standard InChI is InChI=1S/C26H18Cl2N2O3/c27-18-9-12-22(23(28)15-18)26(32)30-20-8-4-7-19(16-20)29-25(31)14-11-21-10-13-24(33-21)17-5-2-1-3-6-17/h1-16H,(H,29,31)(H,30,32)/b14-11+. The van der Waals surface area contributed by atoms with Crippen LogP contribution in [0.25, 0.3) is 17.4 Å². The van der Waals surface area contributed by atoms with Crippen molar-refractivity contribution in [3.63, 3.8) is 0 Å². The predicted molar refractivity (Wildman–Crippen MR) is 133 cm³/mol. The minimum Gasteiger partial charge on any atom is -0.457 e. The fourth-order valence-electron chi connectivity index (χ4n) is 3.09. The average molecular weight is 477 g/mol. The van der Waals surface area contributed by atoms with Crippen LogP contribution in [-0.2, 0) is 4.79 Å². The molecule has 0 atom stereocenters. The summed E-state index contributed by atoms with van der Waals surface area (Å²) in [5.41, 5.74) is 2.28. The molecule has 1 aromatic heterocycles. The van der Waals surface area contributed by atoms with E-state index in [0.717, 1.165) is 11.3 Å². The van der Waals surface area contributed by atoms with Gasteiger partial charge in [0, 0.05) is 28.0 Å². The van der Waals surface area contributed by atoms with Crippen LogP contribution < -0.4 is 10.6 Å². The molecule has 4 aromatic rings. The number of halogens is 2. The lowest BCUT2D eigenvalue weighted by molar-refractivity contribution is -0.111. The average Bonchev–Trinajstić information content (AvgIpc) is 3.28. The SMILES string of the molecule is O=C(/C=C/c1ccc(-c2ccccc2)o1)Nc1cccc(NC(=O)c2ccc(Cl)cc2Cl)c1. The first-order valence-electron chi connectivity index (χ1n) is 9.99. The molecule has 33 heavy (non-hydrogen) atoms. The largest absolute Gasteiger partial charge is 0.457 e. The number of rotatable bonds is 6. The maximum Gasteiger partial charge on any atom is 0.257 e. The summed E-state index contributed by atoms with van der Waals surface area (Å²) in [4.78, 5) is 24.8. The van der Waals surface area contributed by atoms with Gasteiger partial charge >= 0.3 is 0 Å². The van der Waals surface area contributed by atoms with Crippen molar-refractivity contribution in [1.29, 1.82) is 0 Å². The second-order valence-corrected chi connectivity index (χ2v) is 7.89. The van der Waals surface area contributed by atoms with E-state index in [1.165, 1.54) is 12.1 Å². The van der Waals surface area contributed by atoms with Crippen LogP contribution in [0.15, 0.2) is 95.4 Å². The summed E-state index contributed by atoms with van der Waals surface area (Å²) in [5.74, 6) is 0.564. The van der Waals surface area contributed by atoms with Gasteiger partial charge in [-0.15, -0.1) is 0 Å². The Bertz CT molecular complexity index is 1330. The number of anilines is 2. The monoisotopic (exact) mass is 476 g/mol. The van der Waals surface area contributed by atoms with Gasteiger partial charge in [0.2, 0.25) is 5.91 Å². The van der Waals surface area contributed by atoms with E-state index in [1.807, 2.05) is 36.4 Å². The topological polar surface area (TPSA) is 71.3 Å². The lowest BCUT2D eigenvalue weighted by Gasteiger charge is -2.09. The van der Waals surface area contributed by atoms with Crippen molar-refractivity contribution in [3.05, 3.63) is 112 Å². The zero-order valence-electron chi connectivity index (χ0n) is 17.2. The van der Waals surface area contributed by atoms with E-state index in [-0.39, 0.29) is 16.8 Å². The van der Waals surface area contributed by atoms with Crippen molar-refractivity contribution in [1.82, 2.24) is 0 Å². The molecular formula is C26H18Cl2N2O3. The number of furan rings is 1. The summed E-state index contributed by atoms with van der Waals surface area (Å²) in [5, 5.41) is 6.22. The van der Waals surface area contributed by atoms with Gasteiger partial charge in [-0.05, 0) is 54.6 Å². The van der Waals surface area contributed by atoms with Gasteiger partial charge in [0.25, 0.3) is 5.91 Å². The lowest BCUT2D eigenvalue weighted by Crippen LogP contribution is -2.13. The third kappa shape index (κ3) is 5.92. The Kier molecular flexibility index (Phi) is 6.93. The molecule has 4 rings (SSSR count). The van der Waals surface area contributed by atoms with Gasteiger partial charge in [-0.1, -0.05) is 59.6 Å². The first kappa shape index (κ1) is 22.4. The van der Waals surface area contributed by atoms with Crippen molar-refractivity contribution >= 4 is 52.5 Å². The van der Waals surface area contributed by atoms with Gasteiger partial charge < -0.3 is 15.1 Å². The predicted octanol–water partition coefficient (Wildman–Crippen LogP) is 7.16. The highest BCUT2D eigenvalue weighted by Gasteiger charge is 2.11. The van der Waals surface area contributed by atoms with Crippen LogP contribution in [0.2, 0.25) is 10.0 Å². The van der Waals surface area contributed by atoms with Gasteiger partial charge in [0.1, 0.15) is 11.5 Å². The lowest BCUT2D eigenvalue weighted by atomic mass is 10.2. The van der Waals surface area contributed by atoms with Gasteiger partial charge in [-0.2, -0.15) is 0 Å². The van der Waals surface area contributed by atoms with Crippen molar-refractivity contribution < 1.29 is 14.0 Å². The molecule has 3 aromatic carbocycles. The second kappa shape index (κ2) is 10.2. The summed E-state index contributed by atoms with van der Waals surface area (Å²) in [6.45, 7) is 0. The summed E-state index contributed by atoms with van der Waals surface area (Å²) in [6, 6.07) is 24.8. The van der Waals surface area contributed by atoms with Gasteiger partial charge in [0.15, 0.2) is 0 Å². The molecule has 1 heterocycles. The molecule has 0 fully saturated rings. The van der Waals surface area contributed by atoms with E-state index >= 15 is 0 Å². The van der Waals surface area contributed by atoms with E-state index in [4.69, 9.17) is 27.6 Å². The van der Waals surface area contributed by atoms with Gasteiger partial charge in [-0.3, -0.25) is 9.59 Å². The van der Waals surface area contributed by atoms with E-state index < -0.39 is 0 Å². The van der Waals surface area contributed by atoms with Crippen LogP contribution in [0.4, 0.5) is 11.4 Å². The zero-order valence-corrected chi connectivity index (χ0v) is 18.7. The number of hydrogen-bond donors (Lipinski definition) is 2. The van der Waals surface area contributed by atoms with Crippen LogP contribution in [0.3, 0.4) is 0 Å². The van der Waals surface area contributed by atoms with Crippen molar-refractivity contribution in [3.8, 4) is 11.3 Å². The number of carbonyl (C=O) groups is 2. The van der Waals surface area contributed by atoms with Gasteiger partial charge in [0.05, 0.1) is 10.6 Å². The molecule has 2 amide bonds. The highest BCUT2D eigenvalue weighted by molar-refractivity contribution is 6.37. The summed E-state index contributed by atoms with van der Waals surface area (Å²) in [6.07, 6.45) is 2.97. The molecule has 0 aliphatic carbocycles. The van der Waals surface area contributed by atoms with Crippen LogP contribution in [0, 0.1) is 0 Å². The molecule has 7 heteroatoms. The third-order valence-corrected chi connectivity index (χ3v) is 5.20. The molecule has 0 bridgehead atoms. The first-order valence-corrected chi connectivity index (χ1v) is 10.7. The van der Waals surface area contributed by atoms with Crippen molar-refractivity contribution in [2.45, 2.75) is 0 Å². The van der Waals surface area contributed by atoms with Crippen LogP contribution in [0.1, 0.15) is 16.1 Å². The number of hydrogen-bond acceptors (Lipinski definition) is 3. The Labute approximate surface area is 200 Å². The van der Waals surface area contributed by atoms with Gasteiger partial charge in [-0.25, -0.2) is 0 Å². The zero-order chi connectivity index (χ0) is 23.2. The minimum atomic E-state index is -0.382. The number of nitrogens with one attached hydrogen (secondary N) is 2. The molecule has 0 aliphatic rings. The van der Waals surface area contributed by atoms with Crippen molar-refractivity contribution in [2.24, 2.45) is 0 Å². The number of benzene rings is 3. The number of amides is 2. The van der Waals surface area contributed by atoms with E-state index in [2.05, 4.69) is 10.6 Å². The molecule has 0 unspecified atom stereocenters. The number of carbonyl (C=O) groups excluding carboxylic acids is 2. The summed E-state index contributed by atoms with van der Waals surface area (Å²) < 4.78 is 5.76. The van der Waals surface area contributed by atoms with E-state index in [1.54, 1.807) is 48.5 Å². The van der Waals surface area contributed by atoms with Crippen molar-refractivity contribution in [2.75, 3.05) is 10.6 Å². The van der Waals surface area contributed by atoms with E-state index in [0.29, 0.717) is 27.7 Å². The van der Waals surface area contributed by atoms with Crippen LogP contribution in [0.5, 0.6) is 0 Å². The molecule has 5 nitrogen and oxygen atoms in total. The molecule has 164 valence electrons. The molecular weight excluding hydrogens is 459 g/mol. The Morgan fingerprint density at radius 1 is 0.788 bits per heavy atom. The smallest absolute Gasteiger partial charge is 0.257 e. The fraction of sp³-hybridized carbons (Fsp3) is 0. The summed E-state index contributed by atoms with van der Waals surface area (Å²) in [7, 11) is 0. The quantitative estimate of drug-likeness (QED) is 0.290. The molecule has 0 saturated carbocycles. The third-order valence-electron chi connectivity index (χ3n) is 4.65. The second-order valence-electron chi connectivity index (χ2n) is 7.05. The maximum atomic E-state index is 12.5. The maximum absolute atomic E-state index is 12.5. The first-order chi connectivity index (χ1) is 16.0. The minimum absolute atomic E-state index is 0.253. The molecule has 0 spiro atoms. The highest BCUT2D eigenvalue weighted by atomic mass is 35.5. The Hall–Kier alpha value is -3.80.